The Morgan fingerprint density at radius 3 is 2.53 bits per heavy atom. The Kier molecular flexibility index (Phi) is 6.15. The fourth-order valence-corrected chi connectivity index (χ4v) is 6.76. The van der Waals surface area contributed by atoms with E-state index in [0.717, 1.165) is 44.2 Å². The Balaban J connectivity index is 1.49. The molecule has 1 saturated heterocycles. The van der Waals surface area contributed by atoms with Gasteiger partial charge in [-0.2, -0.15) is 0 Å². The number of hydrogen-bond acceptors (Lipinski definition) is 5. The Morgan fingerprint density at radius 2 is 1.77 bits per heavy atom. The van der Waals surface area contributed by atoms with Crippen LogP contribution in [0.1, 0.15) is 73.5 Å². The Morgan fingerprint density at radius 1 is 1.00 bits per heavy atom. The van der Waals surface area contributed by atoms with E-state index in [4.69, 9.17) is 21.6 Å². The minimum Gasteiger partial charge on any atom is -0.352 e. The number of piperazine rings is 1. The molecule has 1 saturated carbocycles. The number of hydrogen-bond donors (Lipinski definition) is 0. The summed E-state index contributed by atoms with van der Waals surface area (Å²) in [4.78, 5) is 29.7. The third kappa shape index (κ3) is 3.93. The van der Waals surface area contributed by atoms with Gasteiger partial charge < -0.3 is 9.80 Å². The van der Waals surface area contributed by atoms with Crippen molar-refractivity contribution in [2.75, 3.05) is 37.0 Å². The van der Waals surface area contributed by atoms with E-state index in [1.807, 2.05) is 16.2 Å². The molecule has 2 fully saturated rings. The Labute approximate surface area is 187 Å². The second kappa shape index (κ2) is 8.99. The van der Waals surface area contributed by atoms with Crippen LogP contribution in [0.3, 0.4) is 0 Å². The molecular weight excluding hydrogens is 416 g/mol. The maximum absolute atomic E-state index is 12.3. The number of carbonyl (C=O) groups excluding carboxylic acids is 1. The van der Waals surface area contributed by atoms with Crippen molar-refractivity contribution in [1.82, 2.24) is 14.9 Å². The summed E-state index contributed by atoms with van der Waals surface area (Å²) >= 11 is 7.69. The van der Waals surface area contributed by atoms with Crippen molar-refractivity contribution in [2.45, 2.75) is 70.1 Å². The van der Waals surface area contributed by atoms with Crippen LogP contribution in [-0.2, 0) is 17.6 Å². The van der Waals surface area contributed by atoms with Gasteiger partial charge in [-0.15, -0.1) is 22.9 Å². The number of amides is 1. The highest BCUT2D eigenvalue weighted by Crippen LogP contribution is 2.42. The van der Waals surface area contributed by atoms with Crippen molar-refractivity contribution in [1.29, 1.82) is 0 Å². The highest BCUT2D eigenvalue weighted by molar-refractivity contribution is 7.19. The highest BCUT2D eigenvalue weighted by atomic mass is 35.5. The molecule has 0 unspecified atom stereocenters. The first-order valence-corrected chi connectivity index (χ1v) is 13.0. The van der Waals surface area contributed by atoms with Crippen LogP contribution in [-0.4, -0.2) is 52.8 Å². The molecule has 0 aromatic carbocycles. The van der Waals surface area contributed by atoms with E-state index in [0.29, 0.717) is 18.2 Å². The van der Waals surface area contributed by atoms with E-state index >= 15 is 0 Å². The number of thiophene rings is 1. The molecule has 5 nitrogen and oxygen atoms in total. The van der Waals surface area contributed by atoms with Gasteiger partial charge in [-0.25, -0.2) is 9.97 Å². The summed E-state index contributed by atoms with van der Waals surface area (Å²) in [6.07, 6.45) is 11.7. The van der Waals surface area contributed by atoms with Gasteiger partial charge >= 0.3 is 0 Å². The van der Waals surface area contributed by atoms with Crippen LogP contribution in [0, 0.1) is 0 Å². The minimum atomic E-state index is 0.174. The van der Waals surface area contributed by atoms with E-state index in [1.165, 1.54) is 72.0 Å². The smallest absolute Gasteiger partial charge is 0.223 e. The first kappa shape index (κ1) is 20.5. The van der Waals surface area contributed by atoms with Crippen LogP contribution >= 0.6 is 22.9 Å². The van der Waals surface area contributed by atoms with Gasteiger partial charge in [0.1, 0.15) is 16.5 Å². The first-order valence-electron chi connectivity index (χ1n) is 11.7. The Bertz CT molecular complexity index is 916. The van der Waals surface area contributed by atoms with Gasteiger partial charge in [0.25, 0.3) is 0 Å². The topological polar surface area (TPSA) is 49.3 Å². The highest BCUT2D eigenvalue weighted by Gasteiger charge is 2.29. The summed E-state index contributed by atoms with van der Waals surface area (Å²) in [5.41, 5.74) is 1.51. The van der Waals surface area contributed by atoms with E-state index in [-0.39, 0.29) is 5.91 Å². The second-order valence-corrected chi connectivity index (χ2v) is 10.4. The molecule has 5 rings (SSSR count). The number of aromatic nitrogens is 2. The number of halogens is 1. The van der Waals surface area contributed by atoms with Crippen molar-refractivity contribution >= 4 is 44.9 Å². The molecule has 2 aromatic heterocycles. The van der Waals surface area contributed by atoms with Crippen LogP contribution in [0.5, 0.6) is 0 Å². The molecule has 0 bridgehead atoms. The number of aryl methyl sites for hydroxylation is 2. The summed E-state index contributed by atoms with van der Waals surface area (Å²) in [7, 11) is 0. The zero-order chi connectivity index (χ0) is 20.5. The van der Waals surface area contributed by atoms with Gasteiger partial charge in [0.05, 0.1) is 5.39 Å². The molecule has 30 heavy (non-hydrogen) atoms. The molecule has 1 aliphatic heterocycles. The zero-order valence-electron chi connectivity index (χ0n) is 17.7. The number of nitrogens with zero attached hydrogens (tertiary/aromatic N) is 4. The fraction of sp³-hybridized carbons (Fsp3) is 0.696. The van der Waals surface area contributed by atoms with Crippen LogP contribution < -0.4 is 4.90 Å². The fourth-order valence-electron chi connectivity index (χ4n) is 5.33. The lowest BCUT2D eigenvalue weighted by molar-refractivity contribution is -0.131. The van der Waals surface area contributed by atoms with Crippen LogP contribution in [0.25, 0.3) is 10.2 Å². The summed E-state index contributed by atoms with van der Waals surface area (Å²) in [5.74, 6) is 3.29. The van der Waals surface area contributed by atoms with Crippen molar-refractivity contribution in [3.05, 3.63) is 16.3 Å². The number of carbonyl (C=O) groups is 1. The normalized spacial score (nSPS) is 20.6. The van der Waals surface area contributed by atoms with Crippen LogP contribution in [0.2, 0.25) is 0 Å². The molecule has 162 valence electrons. The number of rotatable bonds is 4. The maximum Gasteiger partial charge on any atom is 0.223 e. The molecule has 3 aliphatic rings. The minimum absolute atomic E-state index is 0.174. The summed E-state index contributed by atoms with van der Waals surface area (Å²) in [5, 5.41) is 1.31. The zero-order valence-corrected chi connectivity index (χ0v) is 19.2. The average Bonchev–Trinajstić information content (AvgIpc) is 3.18. The number of alkyl halides is 1. The SMILES string of the molecule is O=C(CCCl)N1CCN(c2nc(C3CCCCC3)nc3sc4c(c23)CCCC4)CC1. The molecule has 1 amide bonds. The van der Waals surface area contributed by atoms with Gasteiger partial charge in [-0.05, 0) is 44.1 Å². The van der Waals surface area contributed by atoms with Crippen LogP contribution in [0.15, 0.2) is 0 Å². The molecule has 2 aromatic rings. The number of anilines is 1. The van der Waals surface area contributed by atoms with E-state index in [9.17, 15) is 4.79 Å². The average molecular weight is 447 g/mol. The summed E-state index contributed by atoms with van der Waals surface area (Å²) in [6.45, 7) is 3.20. The van der Waals surface area contributed by atoms with Gasteiger partial charge in [0.15, 0.2) is 0 Å². The summed E-state index contributed by atoms with van der Waals surface area (Å²) < 4.78 is 0. The van der Waals surface area contributed by atoms with Crippen molar-refractivity contribution in [3.8, 4) is 0 Å². The van der Waals surface area contributed by atoms with Crippen LogP contribution in [0.4, 0.5) is 5.82 Å². The predicted octanol–water partition coefficient (Wildman–Crippen LogP) is 4.90. The molecule has 0 atom stereocenters. The largest absolute Gasteiger partial charge is 0.352 e. The van der Waals surface area contributed by atoms with Crippen molar-refractivity contribution in [2.24, 2.45) is 0 Å². The monoisotopic (exact) mass is 446 g/mol. The maximum atomic E-state index is 12.3. The third-order valence-corrected chi connectivity index (χ3v) is 8.40. The standard InChI is InChI=1S/C23H31ClN4OS/c24-11-10-19(29)27-12-14-28(15-13-27)22-20-17-8-4-5-9-18(17)30-23(20)26-21(25-22)16-6-2-1-3-7-16/h16H,1-15H2. The molecule has 7 heteroatoms. The summed E-state index contributed by atoms with van der Waals surface area (Å²) in [6, 6.07) is 0. The predicted molar refractivity (Wildman–Crippen MR) is 124 cm³/mol. The molecule has 0 spiro atoms. The molecule has 2 aliphatic carbocycles. The molecule has 3 heterocycles. The van der Waals surface area contributed by atoms with E-state index in [2.05, 4.69) is 4.90 Å². The third-order valence-electron chi connectivity index (χ3n) is 7.02. The lowest BCUT2D eigenvalue weighted by Gasteiger charge is -2.36. The Hall–Kier alpha value is -1.40. The van der Waals surface area contributed by atoms with Gasteiger partial charge in [0, 0.05) is 49.3 Å². The quantitative estimate of drug-likeness (QED) is 0.627. The lowest BCUT2D eigenvalue weighted by atomic mass is 9.88. The number of fused-ring (bicyclic) bond motifs is 3. The molecular formula is C23H31ClN4OS. The van der Waals surface area contributed by atoms with E-state index < -0.39 is 0 Å². The molecule has 0 radical (unpaired) electrons. The van der Waals surface area contributed by atoms with Crippen molar-refractivity contribution < 1.29 is 4.79 Å². The second-order valence-electron chi connectivity index (χ2n) is 8.94. The van der Waals surface area contributed by atoms with E-state index in [1.54, 1.807) is 0 Å². The van der Waals surface area contributed by atoms with Gasteiger partial charge in [-0.3, -0.25) is 4.79 Å². The molecule has 0 N–H and O–H groups in total. The lowest BCUT2D eigenvalue weighted by Crippen LogP contribution is -2.49. The van der Waals surface area contributed by atoms with Gasteiger partial charge in [-0.1, -0.05) is 19.3 Å². The first-order chi connectivity index (χ1) is 14.7. The van der Waals surface area contributed by atoms with Crippen molar-refractivity contribution in [3.63, 3.8) is 0 Å². The van der Waals surface area contributed by atoms with Gasteiger partial charge in [0.2, 0.25) is 5.91 Å².